The van der Waals surface area contributed by atoms with E-state index in [1.807, 2.05) is 11.7 Å². The van der Waals surface area contributed by atoms with Gasteiger partial charge in [-0.25, -0.2) is 0 Å². The van der Waals surface area contributed by atoms with Crippen LogP contribution in [-0.4, -0.2) is 23.1 Å². The average molecular weight is 296 g/mol. The van der Waals surface area contributed by atoms with Gasteiger partial charge in [0.05, 0.1) is 23.0 Å². The topological polar surface area (TPSA) is 29.9 Å². The SMILES string of the molecule is CCn1ncc(Cl)c1C(NC)c1ccc(SC)cc1. The van der Waals surface area contributed by atoms with E-state index < -0.39 is 0 Å². The summed E-state index contributed by atoms with van der Waals surface area (Å²) < 4.78 is 1.94. The molecule has 5 heteroatoms. The Morgan fingerprint density at radius 2 is 2.05 bits per heavy atom. The first-order valence-electron chi connectivity index (χ1n) is 6.23. The molecule has 2 aromatic rings. The lowest BCUT2D eigenvalue weighted by atomic mass is 10.0. The molecule has 0 saturated carbocycles. The normalized spacial score (nSPS) is 12.6. The maximum absolute atomic E-state index is 6.28. The fourth-order valence-corrected chi connectivity index (χ4v) is 2.83. The zero-order valence-corrected chi connectivity index (χ0v) is 12.9. The third kappa shape index (κ3) is 2.96. The van der Waals surface area contributed by atoms with Crippen LogP contribution in [0.1, 0.15) is 24.2 Å². The van der Waals surface area contributed by atoms with Gasteiger partial charge in [-0.3, -0.25) is 4.68 Å². The van der Waals surface area contributed by atoms with Gasteiger partial charge in [0.25, 0.3) is 0 Å². The predicted molar refractivity (Wildman–Crippen MR) is 82.0 cm³/mol. The van der Waals surface area contributed by atoms with Crippen LogP contribution in [-0.2, 0) is 6.54 Å². The molecule has 3 nitrogen and oxygen atoms in total. The minimum atomic E-state index is 0.0610. The molecule has 1 aromatic carbocycles. The Hall–Kier alpha value is -0.970. The number of rotatable bonds is 5. The minimum absolute atomic E-state index is 0.0610. The van der Waals surface area contributed by atoms with Gasteiger partial charge in [0.2, 0.25) is 0 Å². The van der Waals surface area contributed by atoms with Crippen molar-refractivity contribution in [2.75, 3.05) is 13.3 Å². The Balaban J connectivity index is 2.40. The van der Waals surface area contributed by atoms with Crippen LogP contribution in [0.5, 0.6) is 0 Å². The van der Waals surface area contributed by atoms with Crippen molar-refractivity contribution in [1.29, 1.82) is 0 Å². The highest BCUT2D eigenvalue weighted by Crippen LogP contribution is 2.29. The highest BCUT2D eigenvalue weighted by Gasteiger charge is 2.20. The van der Waals surface area contributed by atoms with E-state index >= 15 is 0 Å². The molecule has 0 fully saturated rings. The Labute approximate surface area is 123 Å². The van der Waals surface area contributed by atoms with Gasteiger partial charge >= 0.3 is 0 Å². The van der Waals surface area contributed by atoms with Crippen LogP contribution >= 0.6 is 23.4 Å². The lowest BCUT2D eigenvalue weighted by molar-refractivity contribution is 0.563. The summed E-state index contributed by atoms with van der Waals surface area (Å²) in [5.41, 5.74) is 2.21. The molecule has 1 heterocycles. The van der Waals surface area contributed by atoms with E-state index in [9.17, 15) is 0 Å². The van der Waals surface area contributed by atoms with Crippen molar-refractivity contribution >= 4 is 23.4 Å². The second-order valence-electron chi connectivity index (χ2n) is 4.19. The Morgan fingerprint density at radius 1 is 1.37 bits per heavy atom. The molecule has 0 spiro atoms. The monoisotopic (exact) mass is 295 g/mol. The van der Waals surface area contributed by atoms with Crippen molar-refractivity contribution in [3.05, 3.63) is 46.7 Å². The summed E-state index contributed by atoms with van der Waals surface area (Å²) in [5.74, 6) is 0. The molecule has 0 bridgehead atoms. The lowest BCUT2D eigenvalue weighted by Gasteiger charge is -2.19. The van der Waals surface area contributed by atoms with E-state index in [2.05, 4.69) is 47.9 Å². The molecule has 2 rings (SSSR count). The summed E-state index contributed by atoms with van der Waals surface area (Å²) in [6.07, 6.45) is 3.79. The second-order valence-corrected chi connectivity index (χ2v) is 5.48. The number of hydrogen-bond acceptors (Lipinski definition) is 3. The van der Waals surface area contributed by atoms with Crippen LogP contribution in [0.25, 0.3) is 0 Å². The number of benzene rings is 1. The van der Waals surface area contributed by atoms with Gasteiger partial charge in [-0.1, -0.05) is 23.7 Å². The number of aromatic nitrogens is 2. The molecular formula is C14H18ClN3S. The number of thioether (sulfide) groups is 1. The molecule has 1 N–H and O–H groups in total. The molecular weight excluding hydrogens is 278 g/mol. The first-order chi connectivity index (χ1) is 9.21. The standard InChI is InChI=1S/C14H18ClN3S/c1-4-18-14(12(15)9-17-18)13(16-2)10-5-7-11(19-3)8-6-10/h5-9,13,16H,4H2,1-3H3. The smallest absolute Gasteiger partial charge is 0.0837 e. The summed E-state index contributed by atoms with van der Waals surface area (Å²) in [6, 6.07) is 8.59. The van der Waals surface area contributed by atoms with Crippen LogP contribution in [0.3, 0.4) is 0 Å². The van der Waals surface area contributed by atoms with E-state index in [0.717, 1.165) is 12.2 Å². The summed E-state index contributed by atoms with van der Waals surface area (Å²) >= 11 is 8.02. The van der Waals surface area contributed by atoms with Gasteiger partial charge in [0, 0.05) is 11.4 Å². The molecule has 0 amide bonds. The van der Waals surface area contributed by atoms with Gasteiger partial charge in [-0.05, 0) is 37.9 Å². The largest absolute Gasteiger partial charge is 0.308 e. The summed E-state index contributed by atoms with van der Waals surface area (Å²) in [5, 5.41) is 8.33. The van der Waals surface area contributed by atoms with Crippen molar-refractivity contribution in [3.8, 4) is 0 Å². The minimum Gasteiger partial charge on any atom is -0.308 e. The van der Waals surface area contributed by atoms with E-state index in [0.29, 0.717) is 5.02 Å². The van der Waals surface area contributed by atoms with Crippen LogP contribution in [0.15, 0.2) is 35.4 Å². The van der Waals surface area contributed by atoms with Gasteiger partial charge in [-0.15, -0.1) is 11.8 Å². The number of aryl methyl sites for hydroxylation is 1. The molecule has 0 saturated heterocycles. The highest BCUT2D eigenvalue weighted by molar-refractivity contribution is 7.98. The van der Waals surface area contributed by atoms with Crippen molar-refractivity contribution in [2.24, 2.45) is 0 Å². The van der Waals surface area contributed by atoms with Crippen LogP contribution in [0, 0.1) is 0 Å². The summed E-state index contributed by atoms with van der Waals surface area (Å²) in [4.78, 5) is 1.26. The zero-order chi connectivity index (χ0) is 13.8. The maximum atomic E-state index is 6.28. The molecule has 0 aliphatic heterocycles. The van der Waals surface area contributed by atoms with Gasteiger partial charge in [-0.2, -0.15) is 5.10 Å². The molecule has 19 heavy (non-hydrogen) atoms. The fourth-order valence-electron chi connectivity index (χ4n) is 2.17. The van der Waals surface area contributed by atoms with E-state index in [1.165, 1.54) is 10.5 Å². The lowest BCUT2D eigenvalue weighted by Crippen LogP contribution is -2.21. The first-order valence-corrected chi connectivity index (χ1v) is 7.84. The number of nitrogens with zero attached hydrogens (tertiary/aromatic N) is 2. The summed E-state index contributed by atoms with van der Waals surface area (Å²) in [7, 11) is 1.94. The van der Waals surface area contributed by atoms with Gasteiger partial charge in [0.15, 0.2) is 0 Å². The van der Waals surface area contributed by atoms with Crippen LogP contribution in [0.2, 0.25) is 5.02 Å². The summed E-state index contributed by atoms with van der Waals surface area (Å²) in [6.45, 7) is 2.87. The maximum Gasteiger partial charge on any atom is 0.0837 e. The first kappa shape index (κ1) is 14.4. The quantitative estimate of drug-likeness (QED) is 0.855. The zero-order valence-electron chi connectivity index (χ0n) is 11.4. The van der Waals surface area contributed by atoms with E-state index in [1.54, 1.807) is 18.0 Å². The van der Waals surface area contributed by atoms with Crippen LogP contribution in [0.4, 0.5) is 0 Å². The Morgan fingerprint density at radius 3 is 2.58 bits per heavy atom. The van der Waals surface area contributed by atoms with Crippen molar-refractivity contribution in [2.45, 2.75) is 24.4 Å². The molecule has 1 aromatic heterocycles. The van der Waals surface area contributed by atoms with Crippen molar-refractivity contribution in [1.82, 2.24) is 15.1 Å². The highest BCUT2D eigenvalue weighted by atomic mass is 35.5. The molecule has 0 aliphatic carbocycles. The van der Waals surface area contributed by atoms with Crippen molar-refractivity contribution in [3.63, 3.8) is 0 Å². The number of hydrogen-bond donors (Lipinski definition) is 1. The van der Waals surface area contributed by atoms with Gasteiger partial charge in [0.1, 0.15) is 0 Å². The number of nitrogens with one attached hydrogen (secondary N) is 1. The van der Waals surface area contributed by atoms with Crippen molar-refractivity contribution < 1.29 is 0 Å². The third-order valence-corrected chi connectivity index (χ3v) is 4.18. The van der Waals surface area contributed by atoms with E-state index in [-0.39, 0.29) is 6.04 Å². The fraction of sp³-hybridized carbons (Fsp3) is 0.357. The van der Waals surface area contributed by atoms with Gasteiger partial charge < -0.3 is 5.32 Å². The van der Waals surface area contributed by atoms with E-state index in [4.69, 9.17) is 11.6 Å². The molecule has 1 unspecified atom stereocenters. The Kier molecular flexibility index (Phi) is 4.91. The van der Waals surface area contributed by atoms with Crippen LogP contribution < -0.4 is 5.32 Å². The molecule has 0 aliphatic rings. The second kappa shape index (κ2) is 6.46. The Bertz CT molecular complexity index is 536. The molecule has 102 valence electrons. The number of halogens is 1. The average Bonchev–Trinajstić information content (AvgIpc) is 2.82. The molecule has 1 atom stereocenters. The third-order valence-electron chi connectivity index (χ3n) is 3.14. The molecule has 0 radical (unpaired) electrons. The predicted octanol–water partition coefficient (Wildman–Crippen LogP) is 3.59.